The van der Waals surface area contributed by atoms with Gasteiger partial charge in [-0.05, 0) is 41.8 Å². The van der Waals surface area contributed by atoms with Gasteiger partial charge in [-0.2, -0.15) is 0 Å². The van der Waals surface area contributed by atoms with Crippen LogP contribution in [0.1, 0.15) is 12.5 Å². The molecule has 1 amide bonds. The van der Waals surface area contributed by atoms with Gasteiger partial charge < -0.3 is 15.0 Å². The van der Waals surface area contributed by atoms with Crippen molar-refractivity contribution in [2.45, 2.75) is 13.3 Å². The molecule has 1 N–H and O–H groups in total. The van der Waals surface area contributed by atoms with E-state index in [-0.39, 0.29) is 17.6 Å². The summed E-state index contributed by atoms with van der Waals surface area (Å²) in [6.07, 6.45) is 4.34. The van der Waals surface area contributed by atoms with Crippen molar-refractivity contribution in [2.75, 3.05) is 31.6 Å². The Morgan fingerprint density at radius 1 is 1.30 bits per heavy atom. The van der Waals surface area contributed by atoms with Crippen molar-refractivity contribution in [3.05, 3.63) is 60.2 Å². The number of nitrogens with one attached hydrogen (secondary N) is 1. The lowest BCUT2D eigenvalue weighted by molar-refractivity contribution is -0.129. The number of aromatic nitrogens is 2. The highest BCUT2D eigenvalue weighted by Crippen LogP contribution is 2.30. The number of rotatable bonds is 5. The fraction of sp³-hybridized carbons (Fsp3) is 0.318. The fourth-order valence-corrected chi connectivity index (χ4v) is 4.31. The summed E-state index contributed by atoms with van der Waals surface area (Å²) in [7, 11) is 0. The number of carbonyl (C=O) groups is 1. The molecule has 0 bridgehead atoms. The van der Waals surface area contributed by atoms with Crippen LogP contribution in [0.2, 0.25) is 0 Å². The Hall–Kier alpha value is -2.84. The van der Waals surface area contributed by atoms with Crippen LogP contribution in [0.5, 0.6) is 0 Å². The molecule has 30 heavy (non-hydrogen) atoms. The lowest BCUT2D eigenvalue weighted by Gasteiger charge is -2.22. The highest BCUT2D eigenvalue weighted by Gasteiger charge is 2.20. The van der Waals surface area contributed by atoms with Gasteiger partial charge in [-0.15, -0.1) is 0 Å². The number of anilines is 2. The molecule has 3 aromatic rings. The molecule has 2 aromatic heterocycles. The van der Waals surface area contributed by atoms with Gasteiger partial charge in [-0.25, -0.2) is 14.4 Å². The Morgan fingerprint density at radius 2 is 2.13 bits per heavy atom. The van der Waals surface area contributed by atoms with E-state index in [1.807, 2.05) is 17.0 Å². The van der Waals surface area contributed by atoms with Crippen molar-refractivity contribution >= 4 is 28.2 Å². The van der Waals surface area contributed by atoms with Gasteiger partial charge in [0.05, 0.1) is 18.1 Å². The minimum Gasteiger partial charge on any atom is -0.379 e. The van der Waals surface area contributed by atoms with Gasteiger partial charge in [0.15, 0.2) is 5.13 Å². The molecule has 1 fully saturated rings. The lowest BCUT2D eigenvalue weighted by atomic mass is 10.0. The number of benzene rings is 1. The van der Waals surface area contributed by atoms with Crippen molar-refractivity contribution in [1.29, 1.82) is 0 Å². The van der Waals surface area contributed by atoms with Crippen LogP contribution in [-0.4, -0.2) is 47.1 Å². The third-order valence-electron chi connectivity index (χ3n) is 5.00. The van der Waals surface area contributed by atoms with Crippen molar-refractivity contribution in [2.24, 2.45) is 5.92 Å². The molecule has 8 heteroatoms. The summed E-state index contributed by atoms with van der Waals surface area (Å²) in [5.41, 5.74) is 2.05. The van der Waals surface area contributed by atoms with Crippen LogP contribution in [0.3, 0.4) is 0 Å². The minimum absolute atomic E-state index is 0.0864. The average Bonchev–Trinajstić information content (AvgIpc) is 3.06. The van der Waals surface area contributed by atoms with E-state index in [4.69, 9.17) is 4.74 Å². The molecular weight excluding hydrogens is 403 g/mol. The van der Waals surface area contributed by atoms with Crippen molar-refractivity contribution in [1.82, 2.24) is 14.9 Å². The average molecular weight is 427 g/mol. The highest BCUT2D eigenvalue weighted by atomic mass is 32.1. The summed E-state index contributed by atoms with van der Waals surface area (Å²) >= 11 is 1.49. The van der Waals surface area contributed by atoms with E-state index in [1.54, 1.807) is 31.5 Å². The van der Waals surface area contributed by atoms with Crippen molar-refractivity contribution < 1.29 is 13.9 Å². The molecular formula is C22H23FN4O2S. The molecule has 0 aliphatic carbocycles. The van der Waals surface area contributed by atoms with E-state index >= 15 is 0 Å². The smallest absolute Gasteiger partial charge is 0.219 e. The molecule has 1 aliphatic rings. The number of pyridine rings is 1. The summed E-state index contributed by atoms with van der Waals surface area (Å²) in [5, 5.41) is 3.97. The van der Waals surface area contributed by atoms with Gasteiger partial charge in [0.2, 0.25) is 5.91 Å². The molecule has 0 saturated carbocycles. The van der Waals surface area contributed by atoms with Crippen LogP contribution >= 0.6 is 11.3 Å². The molecule has 0 unspecified atom stereocenters. The molecule has 6 nitrogen and oxygen atoms in total. The number of carbonyl (C=O) groups excluding carboxylic acids is 1. The summed E-state index contributed by atoms with van der Waals surface area (Å²) in [6, 6.07) is 10.4. The molecule has 1 aliphatic heterocycles. The largest absolute Gasteiger partial charge is 0.379 e. The fourth-order valence-electron chi connectivity index (χ4n) is 3.48. The van der Waals surface area contributed by atoms with Crippen LogP contribution in [0, 0.1) is 11.7 Å². The molecule has 1 aromatic carbocycles. The van der Waals surface area contributed by atoms with E-state index in [2.05, 4.69) is 15.3 Å². The molecule has 0 radical (unpaired) electrons. The van der Waals surface area contributed by atoms with E-state index in [0.29, 0.717) is 32.1 Å². The van der Waals surface area contributed by atoms with Gasteiger partial charge in [-0.1, -0.05) is 23.5 Å². The van der Waals surface area contributed by atoms with E-state index < -0.39 is 0 Å². The van der Waals surface area contributed by atoms with Gasteiger partial charge in [-0.3, -0.25) is 4.79 Å². The maximum atomic E-state index is 13.1. The number of hydrogen-bond acceptors (Lipinski definition) is 6. The zero-order valence-corrected chi connectivity index (χ0v) is 17.5. The van der Waals surface area contributed by atoms with Crippen molar-refractivity contribution in [3.63, 3.8) is 0 Å². The van der Waals surface area contributed by atoms with Crippen LogP contribution in [0.4, 0.5) is 15.3 Å². The second-order valence-corrected chi connectivity index (χ2v) is 8.35. The first kappa shape index (κ1) is 20.4. The molecule has 3 heterocycles. The SMILES string of the molecule is CC(=O)N1CCOC[C@@H](Cc2ccnc(Nc3ncc(-c4ccc(F)cc4)s3)c2)C1. The maximum Gasteiger partial charge on any atom is 0.219 e. The number of nitrogens with zero attached hydrogens (tertiary/aromatic N) is 3. The first-order valence-corrected chi connectivity index (χ1v) is 10.7. The van der Waals surface area contributed by atoms with Gasteiger partial charge in [0.25, 0.3) is 0 Å². The monoisotopic (exact) mass is 426 g/mol. The predicted octanol–water partition coefficient (Wildman–Crippen LogP) is 4.13. The quantitative estimate of drug-likeness (QED) is 0.665. The predicted molar refractivity (Wildman–Crippen MR) is 115 cm³/mol. The Labute approximate surface area is 178 Å². The topological polar surface area (TPSA) is 67.4 Å². The van der Waals surface area contributed by atoms with Gasteiger partial charge >= 0.3 is 0 Å². The zero-order valence-electron chi connectivity index (χ0n) is 16.7. The standard InChI is InChI=1S/C22H23FN4O2S/c1-15(28)27-8-9-29-14-17(13-27)10-16-6-7-24-21(11-16)26-22-25-12-20(30-22)18-2-4-19(23)5-3-18/h2-7,11-12,17H,8-10,13-14H2,1H3,(H,24,25,26)/t17-/m0/s1. The number of halogens is 1. The van der Waals surface area contributed by atoms with E-state index in [1.165, 1.54) is 23.5 Å². The number of amides is 1. The van der Waals surface area contributed by atoms with Crippen LogP contribution in [0.25, 0.3) is 10.4 Å². The van der Waals surface area contributed by atoms with Crippen molar-refractivity contribution in [3.8, 4) is 10.4 Å². The summed E-state index contributed by atoms with van der Waals surface area (Å²) in [5.74, 6) is 0.790. The Morgan fingerprint density at radius 3 is 2.93 bits per heavy atom. The number of hydrogen-bond donors (Lipinski definition) is 1. The maximum absolute atomic E-state index is 13.1. The Bertz CT molecular complexity index is 1010. The zero-order chi connectivity index (χ0) is 20.9. The summed E-state index contributed by atoms with van der Waals surface area (Å²) in [4.78, 5) is 23.4. The van der Waals surface area contributed by atoms with Gasteiger partial charge in [0.1, 0.15) is 11.6 Å². The molecule has 0 spiro atoms. The normalized spacial score (nSPS) is 16.9. The molecule has 156 valence electrons. The molecule has 4 rings (SSSR count). The summed E-state index contributed by atoms with van der Waals surface area (Å²) < 4.78 is 18.8. The third kappa shape index (κ3) is 5.20. The highest BCUT2D eigenvalue weighted by molar-refractivity contribution is 7.18. The van der Waals surface area contributed by atoms with Gasteiger partial charge in [0, 0.05) is 38.3 Å². The first-order chi connectivity index (χ1) is 14.6. The second kappa shape index (κ2) is 9.32. The minimum atomic E-state index is -0.256. The summed E-state index contributed by atoms with van der Waals surface area (Å²) in [6.45, 7) is 4.18. The Balaban J connectivity index is 1.42. The second-order valence-electron chi connectivity index (χ2n) is 7.32. The first-order valence-electron chi connectivity index (χ1n) is 9.84. The van der Waals surface area contributed by atoms with E-state index in [0.717, 1.165) is 27.6 Å². The molecule has 1 saturated heterocycles. The lowest BCUT2D eigenvalue weighted by Crippen LogP contribution is -2.34. The number of ether oxygens (including phenoxy) is 1. The van der Waals surface area contributed by atoms with Crippen LogP contribution < -0.4 is 5.32 Å². The Kier molecular flexibility index (Phi) is 6.35. The number of thiazole rings is 1. The third-order valence-corrected chi connectivity index (χ3v) is 5.96. The van der Waals surface area contributed by atoms with E-state index in [9.17, 15) is 9.18 Å². The van der Waals surface area contributed by atoms with Crippen LogP contribution in [0.15, 0.2) is 48.8 Å². The van der Waals surface area contributed by atoms with Crippen LogP contribution in [-0.2, 0) is 16.0 Å². The molecule has 1 atom stereocenters.